The van der Waals surface area contributed by atoms with Gasteiger partial charge < -0.3 is 16.4 Å². The summed E-state index contributed by atoms with van der Waals surface area (Å²) in [5.41, 5.74) is 12.6. The molecule has 4 nitrogen and oxygen atoms in total. The van der Waals surface area contributed by atoms with Gasteiger partial charge in [0.2, 0.25) is 5.91 Å². The number of carbonyl (C=O) groups excluding carboxylic acids is 1. The lowest BCUT2D eigenvalue weighted by Gasteiger charge is -2.36. The van der Waals surface area contributed by atoms with E-state index in [9.17, 15) is 4.79 Å². The van der Waals surface area contributed by atoms with Crippen molar-refractivity contribution in [2.24, 2.45) is 17.4 Å². The molecule has 1 amide bonds. The highest BCUT2D eigenvalue weighted by Crippen LogP contribution is 2.27. The first-order chi connectivity index (χ1) is 8.49. The van der Waals surface area contributed by atoms with Crippen LogP contribution in [-0.2, 0) is 0 Å². The summed E-state index contributed by atoms with van der Waals surface area (Å²) in [7, 11) is 0. The van der Waals surface area contributed by atoms with Crippen LogP contribution in [0.25, 0.3) is 0 Å². The third-order valence-corrected chi connectivity index (χ3v) is 3.87. The second-order valence-electron chi connectivity index (χ2n) is 4.90. The van der Waals surface area contributed by atoms with Crippen LogP contribution in [0.2, 0.25) is 5.02 Å². The molecule has 1 heterocycles. The van der Waals surface area contributed by atoms with E-state index in [2.05, 4.69) is 11.8 Å². The highest BCUT2D eigenvalue weighted by atomic mass is 35.5. The Hall–Kier alpha value is -1.26. The number of piperidine rings is 1. The summed E-state index contributed by atoms with van der Waals surface area (Å²) < 4.78 is 0. The van der Waals surface area contributed by atoms with Gasteiger partial charge in [-0.2, -0.15) is 0 Å². The number of hydrogen-bond donors (Lipinski definition) is 2. The van der Waals surface area contributed by atoms with Gasteiger partial charge in [0.1, 0.15) is 0 Å². The van der Waals surface area contributed by atoms with E-state index in [0.29, 0.717) is 16.5 Å². The zero-order valence-electron chi connectivity index (χ0n) is 10.4. The number of amides is 1. The van der Waals surface area contributed by atoms with E-state index in [4.69, 9.17) is 23.1 Å². The van der Waals surface area contributed by atoms with Gasteiger partial charge in [-0.15, -0.1) is 0 Å². The van der Waals surface area contributed by atoms with Crippen LogP contribution >= 0.6 is 11.6 Å². The average Bonchev–Trinajstić information content (AvgIpc) is 2.32. The third-order valence-electron chi connectivity index (χ3n) is 3.55. The van der Waals surface area contributed by atoms with E-state index in [1.165, 1.54) is 0 Å². The first-order valence-corrected chi connectivity index (χ1v) is 6.46. The maximum atomic E-state index is 11.1. The van der Waals surface area contributed by atoms with Crippen LogP contribution in [0.4, 0.5) is 5.69 Å². The zero-order chi connectivity index (χ0) is 13.3. The monoisotopic (exact) mass is 267 g/mol. The molecule has 98 valence electrons. The highest BCUT2D eigenvalue weighted by molar-refractivity contribution is 6.34. The number of primary amides is 1. The molecule has 0 saturated carbocycles. The van der Waals surface area contributed by atoms with Gasteiger partial charge in [-0.3, -0.25) is 4.79 Å². The van der Waals surface area contributed by atoms with Crippen molar-refractivity contribution in [1.82, 2.24) is 0 Å². The largest absolute Gasteiger partial charge is 0.371 e. The number of halogens is 1. The van der Waals surface area contributed by atoms with Gasteiger partial charge in [-0.05, 0) is 30.5 Å². The molecule has 1 aromatic rings. The molecule has 4 N–H and O–H groups in total. The molecule has 1 aromatic carbocycles. The molecule has 2 atom stereocenters. The lowest BCUT2D eigenvalue weighted by Crippen LogP contribution is -2.46. The van der Waals surface area contributed by atoms with E-state index in [1.54, 1.807) is 12.1 Å². The number of rotatable bonds is 2. The zero-order valence-corrected chi connectivity index (χ0v) is 11.2. The Labute approximate surface area is 112 Å². The van der Waals surface area contributed by atoms with E-state index in [-0.39, 0.29) is 6.04 Å². The number of benzene rings is 1. The number of hydrogen-bond acceptors (Lipinski definition) is 3. The molecule has 1 aliphatic rings. The quantitative estimate of drug-likeness (QED) is 0.855. The molecule has 1 saturated heterocycles. The maximum absolute atomic E-state index is 11.1. The summed E-state index contributed by atoms with van der Waals surface area (Å²) in [6.07, 6.45) is 0.969. The fourth-order valence-corrected chi connectivity index (χ4v) is 2.57. The number of carbonyl (C=O) groups is 1. The van der Waals surface area contributed by atoms with Crippen LogP contribution in [0.1, 0.15) is 23.7 Å². The second kappa shape index (κ2) is 5.16. The van der Waals surface area contributed by atoms with Gasteiger partial charge in [0, 0.05) is 24.8 Å². The summed E-state index contributed by atoms with van der Waals surface area (Å²) in [5, 5.41) is 0.405. The Bertz CT molecular complexity index is 464. The molecule has 0 aromatic heterocycles. The molecule has 0 aliphatic carbocycles. The smallest absolute Gasteiger partial charge is 0.250 e. The summed E-state index contributed by atoms with van der Waals surface area (Å²) in [6.45, 7) is 3.97. The summed E-state index contributed by atoms with van der Waals surface area (Å²) in [6, 6.07) is 5.63. The minimum Gasteiger partial charge on any atom is -0.371 e. The molecule has 2 unspecified atom stereocenters. The lowest BCUT2D eigenvalue weighted by atomic mass is 9.94. The Morgan fingerprint density at radius 3 is 2.78 bits per heavy atom. The number of nitrogens with zero attached hydrogens (tertiary/aromatic N) is 1. The van der Waals surface area contributed by atoms with Crippen molar-refractivity contribution in [1.29, 1.82) is 0 Å². The normalized spacial score (nSPS) is 24.1. The van der Waals surface area contributed by atoms with E-state index in [1.807, 2.05) is 6.07 Å². The van der Waals surface area contributed by atoms with Crippen molar-refractivity contribution in [3.63, 3.8) is 0 Å². The van der Waals surface area contributed by atoms with Gasteiger partial charge in [-0.1, -0.05) is 18.5 Å². The van der Waals surface area contributed by atoms with E-state index >= 15 is 0 Å². The highest BCUT2D eigenvalue weighted by Gasteiger charge is 2.23. The van der Waals surface area contributed by atoms with Gasteiger partial charge in [-0.25, -0.2) is 0 Å². The Kier molecular flexibility index (Phi) is 3.78. The summed E-state index contributed by atoms with van der Waals surface area (Å²) in [5.74, 6) is -0.0473. The molecule has 18 heavy (non-hydrogen) atoms. The van der Waals surface area contributed by atoms with Crippen molar-refractivity contribution in [3.8, 4) is 0 Å². The van der Waals surface area contributed by atoms with Crippen molar-refractivity contribution < 1.29 is 4.79 Å². The Morgan fingerprint density at radius 1 is 1.50 bits per heavy atom. The van der Waals surface area contributed by atoms with Crippen LogP contribution in [0.5, 0.6) is 0 Å². The Balaban J connectivity index is 2.19. The van der Waals surface area contributed by atoms with Crippen molar-refractivity contribution in [2.75, 3.05) is 18.0 Å². The molecular formula is C13H18ClN3O. The van der Waals surface area contributed by atoms with E-state index in [0.717, 1.165) is 25.2 Å². The first kappa shape index (κ1) is 13.2. The topological polar surface area (TPSA) is 72.3 Å². The van der Waals surface area contributed by atoms with E-state index < -0.39 is 5.91 Å². The summed E-state index contributed by atoms with van der Waals surface area (Å²) >= 11 is 6.06. The van der Waals surface area contributed by atoms with Gasteiger partial charge >= 0.3 is 0 Å². The Morgan fingerprint density at radius 2 is 2.22 bits per heavy atom. The molecule has 1 aliphatic heterocycles. The van der Waals surface area contributed by atoms with Crippen LogP contribution in [0.3, 0.4) is 0 Å². The molecule has 1 fully saturated rings. The average molecular weight is 268 g/mol. The van der Waals surface area contributed by atoms with Crippen molar-refractivity contribution >= 4 is 23.2 Å². The molecule has 0 radical (unpaired) electrons. The standard InChI is InChI=1S/C13H18ClN3O/c1-8-7-17(5-4-12(8)15)9-2-3-10(13(16)18)11(14)6-9/h2-3,6,8,12H,4-5,7,15H2,1H3,(H2,16,18). The predicted octanol–water partition coefficient (Wildman–Crippen LogP) is 1.61. The van der Waals surface area contributed by atoms with Crippen LogP contribution in [0.15, 0.2) is 18.2 Å². The lowest BCUT2D eigenvalue weighted by molar-refractivity contribution is 0.100. The minimum absolute atomic E-state index is 0.265. The molecule has 5 heteroatoms. The molecule has 0 spiro atoms. The molecular weight excluding hydrogens is 250 g/mol. The molecule has 0 bridgehead atoms. The van der Waals surface area contributed by atoms with Crippen molar-refractivity contribution in [3.05, 3.63) is 28.8 Å². The number of nitrogens with two attached hydrogens (primary N) is 2. The fourth-order valence-electron chi connectivity index (χ4n) is 2.30. The summed E-state index contributed by atoms with van der Waals surface area (Å²) in [4.78, 5) is 13.4. The first-order valence-electron chi connectivity index (χ1n) is 6.09. The SMILES string of the molecule is CC1CN(c2ccc(C(N)=O)c(Cl)c2)CCC1N. The van der Waals surface area contributed by atoms with Crippen molar-refractivity contribution in [2.45, 2.75) is 19.4 Å². The van der Waals surface area contributed by atoms with Gasteiger partial charge in [0.05, 0.1) is 10.6 Å². The fraction of sp³-hybridized carbons (Fsp3) is 0.462. The second-order valence-corrected chi connectivity index (χ2v) is 5.31. The van der Waals surface area contributed by atoms with Gasteiger partial charge in [0.25, 0.3) is 0 Å². The molecule has 2 rings (SSSR count). The number of anilines is 1. The van der Waals surface area contributed by atoms with Crippen LogP contribution in [0, 0.1) is 5.92 Å². The minimum atomic E-state index is -0.499. The predicted molar refractivity (Wildman–Crippen MR) is 73.9 cm³/mol. The van der Waals surface area contributed by atoms with Crippen LogP contribution < -0.4 is 16.4 Å². The third kappa shape index (κ3) is 2.60. The van der Waals surface area contributed by atoms with Gasteiger partial charge in [0.15, 0.2) is 0 Å². The maximum Gasteiger partial charge on any atom is 0.250 e. The van der Waals surface area contributed by atoms with Crippen LogP contribution in [-0.4, -0.2) is 25.0 Å².